The lowest BCUT2D eigenvalue weighted by atomic mass is 9.86. The first-order valence-electron chi connectivity index (χ1n) is 12.9. The smallest absolute Gasteiger partial charge is 0.251 e. The topological polar surface area (TPSA) is 79.0 Å². The van der Waals surface area contributed by atoms with Crippen LogP contribution in [-0.4, -0.2) is 53.8 Å². The Labute approximate surface area is 223 Å². The lowest BCUT2D eigenvalue weighted by Crippen LogP contribution is -2.46. The van der Waals surface area contributed by atoms with E-state index in [-0.39, 0.29) is 36.0 Å². The molecule has 1 atom stereocenters. The highest BCUT2D eigenvalue weighted by Crippen LogP contribution is 2.32. The van der Waals surface area contributed by atoms with Gasteiger partial charge in [0.15, 0.2) is 0 Å². The minimum Gasteiger partial charge on any atom is -0.378 e. The van der Waals surface area contributed by atoms with Crippen LogP contribution in [0.5, 0.6) is 0 Å². The Balaban J connectivity index is 1.55. The number of morpholine rings is 1. The van der Waals surface area contributed by atoms with Crippen molar-refractivity contribution in [2.45, 2.75) is 59.0 Å². The first kappa shape index (κ1) is 27.1. The fraction of sp³-hybridized carbons (Fsp3) is 0.483. The largest absolute Gasteiger partial charge is 0.378 e. The maximum Gasteiger partial charge on any atom is 0.251 e. The number of allylic oxidation sites excluding steroid dienone is 1. The maximum absolute atomic E-state index is 13.6. The van der Waals surface area contributed by atoms with Crippen LogP contribution >= 0.6 is 11.3 Å². The van der Waals surface area contributed by atoms with Gasteiger partial charge in [0.05, 0.1) is 32.2 Å². The number of nitrogens with one attached hydrogen (secondary N) is 1. The van der Waals surface area contributed by atoms with E-state index in [1.807, 2.05) is 36.6 Å². The normalized spacial score (nSPS) is 18.8. The summed E-state index contributed by atoms with van der Waals surface area (Å²) in [7, 11) is 0. The summed E-state index contributed by atoms with van der Waals surface area (Å²) in [6.07, 6.45) is 0.323. The van der Waals surface area contributed by atoms with Crippen molar-refractivity contribution >= 4 is 29.1 Å². The standard InChI is InChI=1S/C29H37N3O4S/c1-20-25(28(35)31-11-13-36-14-12-31)16-22(17-26(33)30-18-24-6-5-15-37-24)27(34)32(20)19-21-7-9-23(10-8-21)29(2,3)4/h5-10,15,22H,11-14,16-19H2,1-4H3,(H,30,33). The summed E-state index contributed by atoms with van der Waals surface area (Å²) in [5, 5.41) is 4.90. The molecule has 2 aliphatic heterocycles. The number of rotatable bonds is 7. The molecule has 2 aromatic rings. The van der Waals surface area contributed by atoms with E-state index in [0.29, 0.717) is 50.7 Å². The number of carbonyl (C=O) groups is 3. The predicted molar refractivity (Wildman–Crippen MR) is 145 cm³/mol. The van der Waals surface area contributed by atoms with E-state index in [1.165, 1.54) is 5.56 Å². The minimum atomic E-state index is -0.583. The van der Waals surface area contributed by atoms with Crippen LogP contribution in [0.1, 0.15) is 56.5 Å². The van der Waals surface area contributed by atoms with Crippen molar-refractivity contribution in [1.29, 1.82) is 0 Å². The zero-order chi connectivity index (χ0) is 26.6. The van der Waals surface area contributed by atoms with E-state index < -0.39 is 5.92 Å². The van der Waals surface area contributed by atoms with Gasteiger partial charge in [-0.1, -0.05) is 51.1 Å². The number of ether oxygens (including phenoxy) is 1. The van der Waals surface area contributed by atoms with E-state index in [1.54, 1.807) is 21.1 Å². The molecule has 1 aromatic heterocycles. The number of amides is 3. The first-order valence-corrected chi connectivity index (χ1v) is 13.8. The molecule has 0 spiro atoms. The molecule has 1 aromatic carbocycles. The van der Waals surface area contributed by atoms with E-state index in [2.05, 4.69) is 38.2 Å². The van der Waals surface area contributed by atoms with E-state index in [9.17, 15) is 14.4 Å². The van der Waals surface area contributed by atoms with Gasteiger partial charge in [-0.3, -0.25) is 14.4 Å². The zero-order valence-electron chi connectivity index (χ0n) is 22.2. The third-order valence-electron chi connectivity index (χ3n) is 7.10. The fourth-order valence-electron chi connectivity index (χ4n) is 4.77. The third kappa shape index (κ3) is 6.67. The fourth-order valence-corrected chi connectivity index (χ4v) is 5.42. The van der Waals surface area contributed by atoms with Gasteiger partial charge in [-0.2, -0.15) is 0 Å². The number of hydrogen-bond donors (Lipinski definition) is 1. The van der Waals surface area contributed by atoms with Crippen molar-refractivity contribution in [3.05, 3.63) is 69.1 Å². The zero-order valence-corrected chi connectivity index (χ0v) is 23.0. The van der Waals surface area contributed by atoms with Crippen LogP contribution in [0.15, 0.2) is 53.0 Å². The molecule has 1 fully saturated rings. The molecule has 0 radical (unpaired) electrons. The molecule has 0 saturated carbocycles. The second-order valence-electron chi connectivity index (χ2n) is 10.8. The number of carbonyl (C=O) groups excluding carboxylic acids is 3. The number of thiophene rings is 1. The summed E-state index contributed by atoms with van der Waals surface area (Å²) in [6, 6.07) is 12.2. The summed E-state index contributed by atoms with van der Waals surface area (Å²) < 4.78 is 5.42. The quantitative estimate of drug-likeness (QED) is 0.589. The molecule has 1 unspecified atom stereocenters. The minimum absolute atomic E-state index is 0.0363. The Hall–Kier alpha value is -2.97. The van der Waals surface area contributed by atoms with E-state index >= 15 is 0 Å². The highest BCUT2D eigenvalue weighted by Gasteiger charge is 2.38. The number of nitrogens with zero attached hydrogens (tertiary/aromatic N) is 2. The highest BCUT2D eigenvalue weighted by atomic mass is 32.1. The summed E-state index contributed by atoms with van der Waals surface area (Å²) in [5.74, 6) is -0.938. The average Bonchev–Trinajstić information content (AvgIpc) is 3.41. The van der Waals surface area contributed by atoms with Crippen molar-refractivity contribution in [2.75, 3.05) is 26.3 Å². The van der Waals surface area contributed by atoms with Crippen LogP contribution in [0.3, 0.4) is 0 Å². The van der Waals surface area contributed by atoms with Gasteiger partial charge in [0.2, 0.25) is 11.8 Å². The van der Waals surface area contributed by atoms with Gasteiger partial charge >= 0.3 is 0 Å². The second kappa shape index (κ2) is 11.6. The third-order valence-corrected chi connectivity index (χ3v) is 7.97. The average molecular weight is 524 g/mol. The lowest BCUT2D eigenvalue weighted by Gasteiger charge is -2.37. The molecule has 0 bridgehead atoms. The molecule has 2 aliphatic rings. The van der Waals surface area contributed by atoms with Gasteiger partial charge in [-0.05, 0) is 41.3 Å². The molecule has 4 rings (SSSR count). The Morgan fingerprint density at radius 1 is 1.11 bits per heavy atom. The van der Waals surface area contributed by atoms with Gasteiger partial charge in [0.25, 0.3) is 5.91 Å². The van der Waals surface area contributed by atoms with Crippen molar-refractivity contribution in [3.8, 4) is 0 Å². The molecule has 3 amide bonds. The second-order valence-corrected chi connectivity index (χ2v) is 11.8. The van der Waals surface area contributed by atoms with Crippen LogP contribution < -0.4 is 5.32 Å². The van der Waals surface area contributed by atoms with Gasteiger partial charge in [-0.15, -0.1) is 11.3 Å². The van der Waals surface area contributed by atoms with Gasteiger partial charge in [-0.25, -0.2) is 0 Å². The number of benzene rings is 1. The lowest BCUT2D eigenvalue weighted by molar-refractivity contribution is -0.139. The van der Waals surface area contributed by atoms with Crippen molar-refractivity contribution in [3.63, 3.8) is 0 Å². The summed E-state index contributed by atoms with van der Waals surface area (Å²) in [6.45, 7) is 11.2. The summed E-state index contributed by atoms with van der Waals surface area (Å²) in [4.78, 5) is 44.5. The van der Waals surface area contributed by atoms with Gasteiger partial charge < -0.3 is 19.9 Å². The molecule has 198 valence electrons. The first-order chi connectivity index (χ1) is 17.6. The molecule has 1 saturated heterocycles. The molecule has 8 heteroatoms. The SMILES string of the molecule is CC1=C(C(=O)N2CCOCC2)CC(CC(=O)NCc2cccs2)C(=O)N1Cc1ccc(C(C)(C)C)cc1. The molecular weight excluding hydrogens is 486 g/mol. The number of hydrogen-bond acceptors (Lipinski definition) is 5. The van der Waals surface area contributed by atoms with Gasteiger partial charge in [0, 0.05) is 35.7 Å². The van der Waals surface area contributed by atoms with Crippen LogP contribution in [0.4, 0.5) is 0 Å². The predicted octanol–water partition coefficient (Wildman–Crippen LogP) is 4.23. The van der Waals surface area contributed by atoms with E-state index in [4.69, 9.17) is 4.74 Å². The van der Waals surface area contributed by atoms with Crippen molar-refractivity contribution < 1.29 is 19.1 Å². The molecule has 0 aliphatic carbocycles. The summed E-state index contributed by atoms with van der Waals surface area (Å²) in [5.41, 5.74) is 3.54. The van der Waals surface area contributed by atoms with Crippen LogP contribution in [-0.2, 0) is 37.6 Å². The molecule has 37 heavy (non-hydrogen) atoms. The van der Waals surface area contributed by atoms with Crippen LogP contribution in [0.25, 0.3) is 0 Å². The van der Waals surface area contributed by atoms with Crippen LogP contribution in [0.2, 0.25) is 0 Å². The molecule has 3 heterocycles. The van der Waals surface area contributed by atoms with Crippen molar-refractivity contribution in [1.82, 2.24) is 15.1 Å². The van der Waals surface area contributed by atoms with Crippen LogP contribution in [0, 0.1) is 5.92 Å². The van der Waals surface area contributed by atoms with E-state index in [0.717, 1.165) is 10.4 Å². The summed E-state index contributed by atoms with van der Waals surface area (Å²) >= 11 is 1.58. The Morgan fingerprint density at radius 2 is 1.81 bits per heavy atom. The Kier molecular flexibility index (Phi) is 8.49. The molecule has 1 N–H and O–H groups in total. The molecular formula is C29H37N3O4S. The maximum atomic E-state index is 13.6. The van der Waals surface area contributed by atoms with Gasteiger partial charge in [0.1, 0.15) is 0 Å². The molecule has 7 nitrogen and oxygen atoms in total. The Bertz CT molecular complexity index is 1140. The monoisotopic (exact) mass is 523 g/mol. The van der Waals surface area contributed by atoms with Crippen molar-refractivity contribution in [2.24, 2.45) is 5.92 Å². The highest BCUT2D eigenvalue weighted by molar-refractivity contribution is 7.09. The Morgan fingerprint density at radius 3 is 2.43 bits per heavy atom.